The molecule has 120 valence electrons. The molecule has 1 aromatic carbocycles. The second-order valence-electron chi connectivity index (χ2n) is 5.10. The molecule has 0 fully saturated rings. The second-order valence-corrected chi connectivity index (χ2v) is 5.10. The molecular formula is C17H15N5O2. The Kier molecular flexibility index (Phi) is 4.50. The zero-order valence-electron chi connectivity index (χ0n) is 13.1. The molecule has 0 bridgehead atoms. The van der Waals surface area contributed by atoms with E-state index in [1.807, 2.05) is 12.1 Å². The van der Waals surface area contributed by atoms with Gasteiger partial charge in [0.15, 0.2) is 5.65 Å². The van der Waals surface area contributed by atoms with E-state index in [1.54, 1.807) is 35.9 Å². The number of nitrogens with one attached hydrogen (secondary N) is 1. The van der Waals surface area contributed by atoms with Crippen LogP contribution < -0.4 is 5.32 Å². The van der Waals surface area contributed by atoms with Gasteiger partial charge >= 0.3 is 0 Å². The lowest BCUT2D eigenvalue weighted by atomic mass is 10.1. The van der Waals surface area contributed by atoms with Crippen LogP contribution in [0.2, 0.25) is 0 Å². The van der Waals surface area contributed by atoms with Crippen LogP contribution in [-0.4, -0.2) is 40.8 Å². The highest BCUT2D eigenvalue weighted by molar-refractivity contribution is 5.96. The lowest BCUT2D eigenvalue weighted by Crippen LogP contribution is -2.27. The molecule has 0 saturated heterocycles. The standard InChI is InChI=1S/C17H15N5O2/c1-24-7-6-19-17(23)14-8-15(22-16(9-14)20-11-21-22)13-4-2-12(10-18)3-5-13/h2-5,8-9,11H,6-7H2,1H3,(H,19,23). The topological polar surface area (TPSA) is 92.3 Å². The molecule has 0 radical (unpaired) electrons. The zero-order valence-corrected chi connectivity index (χ0v) is 13.1. The van der Waals surface area contributed by atoms with Crippen LogP contribution in [0, 0.1) is 11.3 Å². The van der Waals surface area contributed by atoms with Crippen molar-refractivity contribution in [3.05, 3.63) is 53.9 Å². The fourth-order valence-electron chi connectivity index (χ4n) is 2.34. The minimum Gasteiger partial charge on any atom is -0.383 e. The quantitative estimate of drug-likeness (QED) is 0.721. The molecule has 1 amide bonds. The van der Waals surface area contributed by atoms with Crippen molar-refractivity contribution in [2.24, 2.45) is 0 Å². The zero-order chi connectivity index (χ0) is 16.9. The Hall–Kier alpha value is -3.24. The Balaban J connectivity index is 2.01. The third kappa shape index (κ3) is 3.09. The summed E-state index contributed by atoms with van der Waals surface area (Å²) in [6, 6.07) is 12.6. The van der Waals surface area contributed by atoms with Gasteiger partial charge in [-0.05, 0) is 24.3 Å². The van der Waals surface area contributed by atoms with Gasteiger partial charge in [0.2, 0.25) is 0 Å². The summed E-state index contributed by atoms with van der Waals surface area (Å²) in [5.74, 6) is -0.201. The summed E-state index contributed by atoms with van der Waals surface area (Å²) in [7, 11) is 1.58. The molecule has 2 aromatic heterocycles. The minimum absolute atomic E-state index is 0.201. The summed E-state index contributed by atoms with van der Waals surface area (Å²) in [5.41, 5.74) is 3.21. The van der Waals surface area contributed by atoms with Gasteiger partial charge in [0.05, 0.1) is 23.9 Å². The van der Waals surface area contributed by atoms with Crippen molar-refractivity contribution in [1.29, 1.82) is 5.26 Å². The van der Waals surface area contributed by atoms with Crippen molar-refractivity contribution in [2.45, 2.75) is 0 Å². The fourth-order valence-corrected chi connectivity index (χ4v) is 2.34. The third-order valence-electron chi connectivity index (χ3n) is 3.54. The monoisotopic (exact) mass is 321 g/mol. The summed E-state index contributed by atoms with van der Waals surface area (Å²) in [6.07, 6.45) is 1.44. The van der Waals surface area contributed by atoms with Gasteiger partial charge in [0.1, 0.15) is 6.33 Å². The molecule has 2 heterocycles. The number of pyridine rings is 1. The van der Waals surface area contributed by atoms with Crippen LogP contribution in [0.25, 0.3) is 16.9 Å². The van der Waals surface area contributed by atoms with E-state index < -0.39 is 0 Å². The predicted octanol–water partition coefficient (Wildman–Crippen LogP) is 1.64. The van der Waals surface area contributed by atoms with Gasteiger partial charge in [-0.25, -0.2) is 9.50 Å². The van der Waals surface area contributed by atoms with Crippen LogP contribution in [0.4, 0.5) is 0 Å². The molecule has 3 aromatic rings. The molecule has 1 N–H and O–H groups in total. The van der Waals surface area contributed by atoms with E-state index in [2.05, 4.69) is 21.5 Å². The van der Waals surface area contributed by atoms with Gasteiger partial charge in [-0.2, -0.15) is 10.4 Å². The van der Waals surface area contributed by atoms with E-state index in [-0.39, 0.29) is 5.91 Å². The van der Waals surface area contributed by atoms with Crippen molar-refractivity contribution in [3.63, 3.8) is 0 Å². The number of carbonyl (C=O) groups excluding carboxylic acids is 1. The van der Waals surface area contributed by atoms with Crippen LogP contribution in [0.15, 0.2) is 42.7 Å². The van der Waals surface area contributed by atoms with Gasteiger partial charge in [-0.15, -0.1) is 0 Å². The van der Waals surface area contributed by atoms with Gasteiger partial charge < -0.3 is 10.1 Å². The number of fused-ring (bicyclic) bond motifs is 1. The maximum atomic E-state index is 12.3. The summed E-state index contributed by atoms with van der Waals surface area (Å²) in [5, 5.41) is 15.9. The van der Waals surface area contributed by atoms with E-state index in [1.165, 1.54) is 6.33 Å². The number of nitriles is 1. The molecule has 24 heavy (non-hydrogen) atoms. The van der Waals surface area contributed by atoms with Crippen LogP contribution in [0.1, 0.15) is 15.9 Å². The maximum absolute atomic E-state index is 12.3. The summed E-state index contributed by atoms with van der Waals surface area (Å²) in [4.78, 5) is 16.5. The van der Waals surface area contributed by atoms with Crippen molar-refractivity contribution >= 4 is 11.6 Å². The van der Waals surface area contributed by atoms with Gasteiger partial charge in [0, 0.05) is 24.8 Å². The first-order chi connectivity index (χ1) is 11.7. The molecule has 0 aliphatic carbocycles. The Bertz CT molecular complexity index is 909. The van der Waals surface area contributed by atoms with Crippen molar-refractivity contribution in [3.8, 4) is 17.3 Å². The third-order valence-corrected chi connectivity index (χ3v) is 3.54. The van der Waals surface area contributed by atoms with Gasteiger partial charge in [-0.3, -0.25) is 4.79 Å². The highest BCUT2D eigenvalue weighted by Crippen LogP contribution is 2.22. The normalized spacial score (nSPS) is 10.5. The first kappa shape index (κ1) is 15.6. The number of methoxy groups -OCH3 is 1. The highest BCUT2D eigenvalue weighted by Gasteiger charge is 2.13. The smallest absolute Gasteiger partial charge is 0.251 e. The van der Waals surface area contributed by atoms with E-state index >= 15 is 0 Å². The minimum atomic E-state index is -0.201. The molecule has 7 nitrogen and oxygen atoms in total. The molecule has 0 spiro atoms. The number of rotatable bonds is 5. The first-order valence-electron chi connectivity index (χ1n) is 7.34. The fraction of sp³-hybridized carbons (Fsp3) is 0.176. The number of carbonyl (C=O) groups is 1. The van der Waals surface area contributed by atoms with Crippen LogP contribution in [-0.2, 0) is 4.74 Å². The number of nitrogens with zero attached hydrogens (tertiary/aromatic N) is 4. The molecular weight excluding hydrogens is 306 g/mol. The number of hydrogen-bond donors (Lipinski definition) is 1. The predicted molar refractivity (Wildman–Crippen MR) is 87.3 cm³/mol. The summed E-state index contributed by atoms with van der Waals surface area (Å²) >= 11 is 0. The SMILES string of the molecule is COCCNC(=O)c1cc(-c2ccc(C#N)cc2)n2ncnc2c1. The molecule has 0 atom stereocenters. The Morgan fingerprint density at radius 2 is 2.12 bits per heavy atom. The number of amides is 1. The van der Waals surface area contributed by atoms with Crippen molar-refractivity contribution in [2.75, 3.05) is 20.3 Å². The Morgan fingerprint density at radius 1 is 1.33 bits per heavy atom. The lowest BCUT2D eigenvalue weighted by molar-refractivity contribution is 0.0937. The first-order valence-corrected chi connectivity index (χ1v) is 7.34. The number of hydrogen-bond acceptors (Lipinski definition) is 5. The van der Waals surface area contributed by atoms with E-state index in [0.29, 0.717) is 29.9 Å². The molecule has 0 unspecified atom stereocenters. The largest absolute Gasteiger partial charge is 0.383 e. The number of ether oxygens (including phenoxy) is 1. The average Bonchev–Trinajstić information content (AvgIpc) is 3.09. The maximum Gasteiger partial charge on any atom is 0.251 e. The van der Waals surface area contributed by atoms with Crippen LogP contribution in [0.3, 0.4) is 0 Å². The van der Waals surface area contributed by atoms with Crippen molar-refractivity contribution < 1.29 is 9.53 Å². The average molecular weight is 321 g/mol. The van der Waals surface area contributed by atoms with E-state index in [0.717, 1.165) is 11.3 Å². The lowest BCUT2D eigenvalue weighted by Gasteiger charge is -2.09. The van der Waals surface area contributed by atoms with Gasteiger partial charge in [0.25, 0.3) is 5.91 Å². The molecule has 0 aliphatic heterocycles. The highest BCUT2D eigenvalue weighted by atomic mass is 16.5. The second kappa shape index (κ2) is 6.89. The van der Waals surface area contributed by atoms with Crippen LogP contribution in [0.5, 0.6) is 0 Å². The summed E-state index contributed by atoms with van der Waals surface area (Å²) < 4.78 is 6.59. The molecule has 0 saturated carbocycles. The Labute approximate surface area is 138 Å². The molecule has 3 rings (SSSR count). The van der Waals surface area contributed by atoms with Gasteiger partial charge in [-0.1, -0.05) is 12.1 Å². The van der Waals surface area contributed by atoms with Crippen LogP contribution >= 0.6 is 0 Å². The molecule has 7 heteroatoms. The number of benzene rings is 1. The van der Waals surface area contributed by atoms with E-state index in [9.17, 15) is 4.79 Å². The Morgan fingerprint density at radius 3 is 2.83 bits per heavy atom. The van der Waals surface area contributed by atoms with E-state index in [4.69, 9.17) is 10.00 Å². The summed E-state index contributed by atoms with van der Waals surface area (Å²) in [6.45, 7) is 0.876. The van der Waals surface area contributed by atoms with Crippen molar-refractivity contribution in [1.82, 2.24) is 19.9 Å². The molecule has 0 aliphatic rings. The number of aromatic nitrogens is 3.